The van der Waals surface area contributed by atoms with Gasteiger partial charge in [0, 0.05) is 37.8 Å². The first-order valence-corrected chi connectivity index (χ1v) is 8.19. The van der Waals surface area contributed by atoms with Crippen LogP contribution >= 0.6 is 12.4 Å². The topological polar surface area (TPSA) is 24.5 Å². The molecular weight excluding hydrogens is 322 g/mol. The minimum atomic E-state index is -0.530. The third-order valence-corrected chi connectivity index (χ3v) is 5.00. The maximum absolute atomic E-state index is 14.8. The zero-order chi connectivity index (χ0) is 15.5. The maximum atomic E-state index is 14.8. The molecule has 0 spiro atoms. The van der Waals surface area contributed by atoms with E-state index in [1.165, 1.54) is 19.2 Å². The number of hydrogen-bond donors (Lipinski definition) is 1. The third kappa shape index (κ3) is 3.78. The summed E-state index contributed by atoms with van der Waals surface area (Å²) in [5, 5.41) is 3.31. The Morgan fingerprint density at radius 3 is 2.43 bits per heavy atom. The Kier molecular flexibility index (Phi) is 6.62. The fourth-order valence-electron chi connectivity index (χ4n) is 3.93. The average molecular weight is 347 g/mol. The van der Waals surface area contributed by atoms with Crippen molar-refractivity contribution in [3.8, 4) is 5.75 Å². The van der Waals surface area contributed by atoms with Crippen molar-refractivity contribution < 1.29 is 13.5 Å². The lowest BCUT2D eigenvalue weighted by atomic mass is 9.89. The smallest absolute Gasteiger partial charge is 0.172 e. The van der Waals surface area contributed by atoms with E-state index in [-0.39, 0.29) is 29.8 Å². The summed E-state index contributed by atoms with van der Waals surface area (Å²) >= 11 is 0. The molecule has 1 saturated heterocycles. The molecule has 1 aliphatic heterocycles. The number of benzene rings is 1. The first-order valence-electron chi connectivity index (χ1n) is 8.19. The van der Waals surface area contributed by atoms with Crippen LogP contribution in [0.3, 0.4) is 0 Å². The van der Waals surface area contributed by atoms with Crippen molar-refractivity contribution in [2.75, 3.05) is 33.3 Å². The predicted molar refractivity (Wildman–Crippen MR) is 89.3 cm³/mol. The highest BCUT2D eigenvalue weighted by Crippen LogP contribution is 2.42. The minimum Gasteiger partial charge on any atom is -0.494 e. The van der Waals surface area contributed by atoms with Gasteiger partial charge in [0.15, 0.2) is 11.6 Å². The maximum Gasteiger partial charge on any atom is 0.172 e. The second-order valence-electron chi connectivity index (χ2n) is 6.25. The molecule has 1 saturated carbocycles. The Morgan fingerprint density at radius 2 is 1.83 bits per heavy atom. The van der Waals surface area contributed by atoms with Gasteiger partial charge in [0.05, 0.1) is 7.11 Å². The lowest BCUT2D eigenvalue weighted by molar-refractivity contribution is 0.118. The van der Waals surface area contributed by atoms with Gasteiger partial charge in [-0.25, -0.2) is 8.78 Å². The summed E-state index contributed by atoms with van der Waals surface area (Å²) in [5.74, 6) is -0.518. The van der Waals surface area contributed by atoms with Crippen LogP contribution in [0, 0.1) is 17.6 Å². The lowest BCUT2D eigenvalue weighted by Gasteiger charge is -2.39. The fourth-order valence-corrected chi connectivity index (χ4v) is 3.93. The highest BCUT2D eigenvalue weighted by molar-refractivity contribution is 5.85. The quantitative estimate of drug-likeness (QED) is 0.902. The molecule has 2 fully saturated rings. The van der Waals surface area contributed by atoms with Crippen LogP contribution in [0.5, 0.6) is 5.75 Å². The minimum absolute atomic E-state index is 0. The van der Waals surface area contributed by atoms with Crippen molar-refractivity contribution in [1.82, 2.24) is 10.2 Å². The van der Waals surface area contributed by atoms with Crippen LogP contribution < -0.4 is 10.1 Å². The Balaban J connectivity index is 0.00000192. The van der Waals surface area contributed by atoms with E-state index in [1.54, 1.807) is 0 Å². The fraction of sp³-hybridized carbons (Fsp3) is 0.647. The second kappa shape index (κ2) is 8.27. The van der Waals surface area contributed by atoms with Crippen molar-refractivity contribution in [3.05, 3.63) is 29.3 Å². The molecule has 23 heavy (non-hydrogen) atoms. The van der Waals surface area contributed by atoms with Gasteiger partial charge in [0.2, 0.25) is 0 Å². The highest BCUT2D eigenvalue weighted by Gasteiger charge is 2.36. The molecule has 0 amide bonds. The van der Waals surface area contributed by atoms with Crippen molar-refractivity contribution >= 4 is 12.4 Å². The Bertz CT molecular complexity index is 518. The highest BCUT2D eigenvalue weighted by atomic mass is 35.5. The van der Waals surface area contributed by atoms with Gasteiger partial charge in [-0.3, -0.25) is 4.90 Å². The predicted octanol–water partition coefficient (Wildman–Crippen LogP) is 3.53. The number of ether oxygens (including phenoxy) is 1. The molecule has 1 aliphatic carbocycles. The molecule has 1 heterocycles. The van der Waals surface area contributed by atoms with Crippen molar-refractivity contribution in [1.29, 1.82) is 0 Å². The van der Waals surface area contributed by atoms with Crippen LogP contribution in [0.2, 0.25) is 0 Å². The van der Waals surface area contributed by atoms with Crippen molar-refractivity contribution in [2.24, 2.45) is 5.92 Å². The number of nitrogens with one attached hydrogen (secondary N) is 1. The van der Waals surface area contributed by atoms with Gasteiger partial charge in [-0.15, -0.1) is 12.4 Å². The molecule has 1 aromatic carbocycles. The summed E-state index contributed by atoms with van der Waals surface area (Å²) in [4.78, 5) is 2.24. The Morgan fingerprint density at radius 1 is 1.17 bits per heavy atom. The van der Waals surface area contributed by atoms with E-state index in [1.807, 2.05) is 0 Å². The molecule has 1 aromatic rings. The summed E-state index contributed by atoms with van der Waals surface area (Å²) in [5.41, 5.74) is 0.202. The molecule has 1 N–H and O–H groups in total. The number of rotatable bonds is 4. The van der Waals surface area contributed by atoms with Crippen LogP contribution in [-0.4, -0.2) is 38.2 Å². The van der Waals surface area contributed by atoms with Crippen molar-refractivity contribution in [2.45, 2.75) is 31.7 Å². The molecule has 0 unspecified atom stereocenters. The van der Waals surface area contributed by atoms with Gasteiger partial charge in [-0.2, -0.15) is 0 Å². The molecule has 0 aromatic heterocycles. The summed E-state index contributed by atoms with van der Waals surface area (Å²) in [6, 6.07) is 2.53. The standard InChI is InChI=1S/C17H24F2N2O.ClH/c1-22-14-7-6-13(18)15(16(14)19)17(12-4-2-3-5-12)21-10-8-20-9-11-21;/h6-7,12,17,20H,2-5,8-11H2,1H3;1H/t17-;/m0./s1. The van der Waals surface area contributed by atoms with E-state index in [4.69, 9.17) is 4.74 Å². The van der Waals surface area contributed by atoms with Gasteiger partial charge >= 0.3 is 0 Å². The molecule has 3 rings (SSSR count). The molecule has 130 valence electrons. The largest absolute Gasteiger partial charge is 0.494 e. The van der Waals surface area contributed by atoms with E-state index in [0.717, 1.165) is 51.9 Å². The number of piperazine rings is 1. The lowest BCUT2D eigenvalue weighted by Crippen LogP contribution is -2.47. The van der Waals surface area contributed by atoms with E-state index in [9.17, 15) is 8.78 Å². The number of halogens is 3. The zero-order valence-corrected chi connectivity index (χ0v) is 14.3. The van der Waals surface area contributed by atoms with Gasteiger partial charge in [-0.1, -0.05) is 12.8 Å². The van der Waals surface area contributed by atoms with Crippen LogP contribution in [-0.2, 0) is 0 Å². The summed E-state index contributed by atoms with van der Waals surface area (Å²) in [6.45, 7) is 3.40. The molecule has 2 aliphatic rings. The Labute approximate surface area is 142 Å². The second-order valence-corrected chi connectivity index (χ2v) is 6.25. The number of methoxy groups -OCH3 is 1. The zero-order valence-electron chi connectivity index (χ0n) is 13.5. The first-order chi connectivity index (χ1) is 10.7. The first kappa shape index (κ1) is 18.4. The third-order valence-electron chi connectivity index (χ3n) is 5.00. The van der Waals surface area contributed by atoms with Gasteiger partial charge in [-0.05, 0) is 30.9 Å². The van der Waals surface area contributed by atoms with E-state index in [0.29, 0.717) is 5.92 Å². The van der Waals surface area contributed by atoms with Crippen LogP contribution in [0.25, 0.3) is 0 Å². The molecule has 6 heteroatoms. The molecule has 3 nitrogen and oxygen atoms in total. The summed E-state index contributed by atoms with van der Waals surface area (Å²) < 4.78 is 34.3. The van der Waals surface area contributed by atoms with Crippen LogP contribution in [0.1, 0.15) is 37.3 Å². The van der Waals surface area contributed by atoms with Crippen LogP contribution in [0.15, 0.2) is 12.1 Å². The van der Waals surface area contributed by atoms with Gasteiger partial charge in [0.25, 0.3) is 0 Å². The molecule has 0 bridgehead atoms. The monoisotopic (exact) mass is 346 g/mol. The van der Waals surface area contributed by atoms with Crippen LogP contribution in [0.4, 0.5) is 8.78 Å². The summed E-state index contributed by atoms with van der Waals surface area (Å²) in [7, 11) is 1.43. The van der Waals surface area contributed by atoms with E-state index >= 15 is 0 Å². The van der Waals surface area contributed by atoms with Gasteiger partial charge in [0.1, 0.15) is 5.82 Å². The van der Waals surface area contributed by atoms with Gasteiger partial charge < -0.3 is 10.1 Å². The normalized spacial score (nSPS) is 21.0. The number of nitrogens with zero attached hydrogens (tertiary/aromatic N) is 1. The number of hydrogen-bond acceptors (Lipinski definition) is 3. The van der Waals surface area contributed by atoms with E-state index < -0.39 is 11.6 Å². The molecular formula is C17H25ClF2N2O. The SMILES string of the molecule is COc1ccc(F)c([C@H](C2CCCC2)N2CCNCC2)c1F.Cl. The average Bonchev–Trinajstić information content (AvgIpc) is 3.06. The van der Waals surface area contributed by atoms with E-state index in [2.05, 4.69) is 10.2 Å². The molecule has 1 atom stereocenters. The molecule has 0 radical (unpaired) electrons. The summed E-state index contributed by atoms with van der Waals surface area (Å²) in [6.07, 6.45) is 4.40. The van der Waals surface area contributed by atoms with Crippen molar-refractivity contribution in [3.63, 3.8) is 0 Å². The Hall–Kier alpha value is -0.910.